The summed E-state index contributed by atoms with van der Waals surface area (Å²) in [5, 5.41) is 3.71. The van der Waals surface area contributed by atoms with Crippen LogP contribution in [-0.4, -0.2) is 38.2 Å². The molecule has 1 aromatic carbocycles. The van der Waals surface area contributed by atoms with Gasteiger partial charge in [0.15, 0.2) is 0 Å². The summed E-state index contributed by atoms with van der Waals surface area (Å²) in [4.78, 5) is 2.13. The minimum atomic E-state index is 0.589. The van der Waals surface area contributed by atoms with E-state index in [0.29, 0.717) is 6.04 Å². The number of anilines is 1. The van der Waals surface area contributed by atoms with Crippen LogP contribution < -0.4 is 10.1 Å². The number of benzene rings is 1. The number of hydrogen-bond acceptors (Lipinski definition) is 3. The van der Waals surface area contributed by atoms with Crippen LogP contribution in [0.4, 0.5) is 5.69 Å². The number of hydrogen-bond donors (Lipinski definition) is 1. The number of nitrogens with zero attached hydrogens (tertiary/aromatic N) is 1. The molecule has 3 unspecified atom stereocenters. The van der Waals surface area contributed by atoms with E-state index in [9.17, 15) is 0 Å². The topological polar surface area (TPSA) is 24.5 Å². The zero-order valence-corrected chi connectivity index (χ0v) is 13.9. The number of likely N-dealkylation sites (N-methyl/N-ethyl adjacent to an activating group) is 1. The van der Waals surface area contributed by atoms with E-state index in [2.05, 4.69) is 56.4 Å². The normalized spacial score (nSPS) is 25.9. The highest BCUT2D eigenvalue weighted by Gasteiger charge is 2.26. The van der Waals surface area contributed by atoms with Gasteiger partial charge >= 0.3 is 0 Å². The van der Waals surface area contributed by atoms with Gasteiger partial charge < -0.3 is 15.0 Å². The Morgan fingerprint density at radius 1 is 1.24 bits per heavy atom. The van der Waals surface area contributed by atoms with Crippen molar-refractivity contribution in [1.29, 1.82) is 0 Å². The Morgan fingerprint density at radius 2 is 2.05 bits per heavy atom. The highest BCUT2D eigenvalue weighted by molar-refractivity contribution is 5.49. The second-order valence-electron chi connectivity index (χ2n) is 6.70. The average molecular weight is 290 g/mol. The monoisotopic (exact) mass is 290 g/mol. The van der Waals surface area contributed by atoms with Crippen LogP contribution in [0.3, 0.4) is 0 Å². The highest BCUT2D eigenvalue weighted by Crippen LogP contribution is 2.32. The molecule has 1 saturated carbocycles. The summed E-state index contributed by atoms with van der Waals surface area (Å²) in [6, 6.07) is 8.97. The van der Waals surface area contributed by atoms with Crippen LogP contribution >= 0.6 is 0 Å². The molecule has 1 N–H and O–H groups in total. The van der Waals surface area contributed by atoms with Crippen LogP contribution in [0.15, 0.2) is 24.3 Å². The molecule has 3 heteroatoms. The van der Waals surface area contributed by atoms with E-state index in [4.69, 9.17) is 4.74 Å². The molecule has 0 heterocycles. The molecule has 2 rings (SSSR count). The SMILES string of the molecule is CC1CCCC(Nc2cccc(OCCN(C)C)c2)C1C. The smallest absolute Gasteiger partial charge is 0.121 e. The first-order valence-corrected chi connectivity index (χ1v) is 8.20. The minimum Gasteiger partial charge on any atom is -0.492 e. The Bertz CT molecular complexity index is 433. The van der Waals surface area contributed by atoms with Crippen molar-refractivity contribution < 1.29 is 4.74 Å². The van der Waals surface area contributed by atoms with E-state index in [1.165, 1.54) is 24.9 Å². The molecule has 1 aromatic rings. The Labute approximate surface area is 129 Å². The molecule has 0 amide bonds. The van der Waals surface area contributed by atoms with Crippen LogP contribution in [0, 0.1) is 11.8 Å². The molecular weight excluding hydrogens is 260 g/mol. The van der Waals surface area contributed by atoms with Crippen molar-refractivity contribution in [3.05, 3.63) is 24.3 Å². The van der Waals surface area contributed by atoms with E-state index in [1.807, 2.05) is 6.07 Å². The Morgan fingerprint density at radius 3 is 2.81 bits per heavy atom. The van der Waals surface area contributed by atoms with Gasteiger partial charge in [-0.15, -0.1) is 0 Å². The van der Waals surface area contributed by atoms with Crippen molar-refractivity contribution in [2.75, 3.05) is 32.6 Å². The third-order valence-electron chi connectivity index (χ3n) is 4.70. The van der Waals surface area contributed by atoms with Gasteiger partial charge in [0.1, 0.15) is 12.4 Å². The van der Waals surface area contributed by atoms with E-state index < -0.39 is 0 Å². The predicted molar refractivity (Wildman–Crippen MR) is 90.1 cm³/mol. The Kier molecular flexibility index (Phi) is 5.92. The van der Waals surface area contributed by atoms with Crippen molar-refractivity contribution in [1.82, 2.24) is 4.90 Å². The van der Waals surface area contributed by atoms with Crippen LogP contribution in [0.1, 0.15) is 33.1 Å². The first kappa shape index (κ1) is 16.2. The summed E-state index contributed by atoms with van der Waals surface area (Å²) in [5.74, 6) is 2.51. The van der Waals surface area contributed by atoms with Crippen LogP contribution in [-0.2, 0) is 0 Å². The van der Waals surface area contributed by atoms with E-state index in [-0.39, 0.29) is 0 Å². The lowest BCUT2D eigenvalue weighted by atomic mass is 9.78. The molecule has 0 spiro atoms. The largest absolute Gasteiger partial charge is 0.492 e. The third kappa shape index (κ3) is 4.92. The maximum Gasteiger partial charge on any atom is 0.121 e. The quantitative estimate of drug-likeness (QED) is 0.861. The van der Waals surface area contributed by atoms with Crippen LogP contribution in [0.2, 0.25) is 0 Å². The van der Waals surface area contributed by atoms with Crippen molar-refractivity contribution in [2.24, 2.45) is 11.8 Å². The summed E-state index contributed by atoms with van der Waals surface area (Å²) >= 11 is 0. The average Bonchev–Trinajstić information content (AvgIpc) is 2.44. The van der Waals surface area contributed by atoms with Gasteiger partial charge in [0.05, 0.1) is 0 Å². The maximum absolute atomic E-state index is 5.81. The molecule has 0 bridgehead atoms. The molecule has 0 aliphatic heterocycles. The summed E-state index contributed by atoms with van der Waals surface area (Å²) in [6.07, 6.45) is 3.98. The van der Waals surface area contributed by atoms with Crippen LogP contribution in [0.5, 0.6) is 5.75 Å². The molecule has 3 nitrogen and oxygen atoms in total. The fourth-order valence-electron chi connectivity index (χ4n) is 3.02. The second kappa shape index (κ2) is 7.69. The molecule has 1 aliphatic rings. The fraction of sp³-hybridized carbons (Fsp3) is 0.667. The lowest BCUT2D eigenvalue weighted by Crippen LogP contribution is -2.34. The van der Waals surface area contributed by atoms with E-state index in [1.54, 1.807) is 0 Å². The van der Waals surface area contributed by atoms with Crippen molar-refractivity contribution in [2.45, 2.75) is 39.2 Å². The number of nitrogens with one attached hydrogen (secondary N) is 1. The van der Waals surface area contributed by atoms with Crippen LogP contribution in [0.25, 0.3) is 0 Å². The van der Waals surface area contributed by atoms with Gasteiger partial charge in [-0.05, 0) is 44.5 Å². The van der Waals surface area contributed by atoms with Gasteiger partial charge in [0.25, 0.3) is 0 Å². The minimum absolute atomic E-state index is 0.589. The Hall–Kier alpha value is -1.22. The molecule has 0 aromatic heterocycles. The molecule has 3 atom stereocenters. The van der Waals surface area contributed by atoms with Gasteiger partial charge in [0.2, 0.25) is 0 Å². The van der Waals surface area contributed by atoms with Gasteiger partial charge in [-0.3, -0.25) is 0 Å². The Balaban J connectivity index is 1.91. The zero-order chi connectivity index (χ0) is 15.2. The molecule has 1 fully saturated rings. The molecule has 0 radical (unpaired) electrons. The molecule has 21 heavy (non-hydrogen) atoms. The number of ether oxygens (including phenoxy) is 1. The maximum atomic E-state index is 5.81. The summed E-state index contributed by atoms with van der Waals surface area (Å²) < 4.78 is 5.81. The molecule has 118 valence electrons. The number of rotatable bonds is 6. The highest BCUT2D eigenvalue weighted by atomic mass is 16.5. The lowest BCUT2D eigenvalue weighted by Gasteiger charge is -2.35. The van der Waals surface area contributed by atoms with Crippen molar-refractivity contribution >= 4 is 5.69 Å². The zero-order valence-electron chi connectivity index (χ0n) is 13.9. The van der Waals surface area contributed by atoms with E-state index in [0.717, 1.165) is 30.7 Å². The first-order valence-electron chi connectivity index (χ1n) is 8.20. The summed E-state index contributed by atoms with van der Waals surface area (Å²) in [7, 11) is 4.12. The molecule has 0 saturated heterocycles. The lowest BCUT2D eigenvalue weighted by molar-refractivity contribution is 0.252. The standard InChI is InChI=1S/C18H30N2O/c1-14-7-5-10-18(15(14)2)19-16-8-6-9-17(13-16)21-12-11-20(3)4/h6,8-9,13-15,18-19H,5,7,10-12H2,1-4H3. The van der Waals surface area contributed by atoms with Gasteiger partial charge in [-0.1, -0.05) is 32.8 Å². The van der Waals surface area contributed by atoms with Crippen molar-refractivity contribution in [3.63, 3.8) is 0 Å². The van der Waals surface area contributed by atoms with Gasteiger partial charge in [-0.25, -0.2) is 0 Å². The fourth-order valence-corrected chi connectivity index (χ4v) is 3.02. The first-order chi connectivity index (χ1) is 10.1. The molecule has 1 aliphatic carbocycles. The predicted octanol–water partition coefficient (Wildman–Crippen LogP) is 3.86. The summed E-state index contributed by atoms with van der Waals surface area (Å²) in [6.45, 7) is 6.42. The van der Waals surface area contributed by atoms with Crippen molar-refractivity contribution in [3.8, 4) is 5.75 Å². The van der Waals surface area contributed by atoms with E-state index >= 15 is 0 Å². The summed E-state index contributed by atoms with van der Waals surface area (Å²) in [5.41, 5.74) is 1.18. The second-order valence-corrected chi connectivity index (χ2v) is 6.70. The third-order valence-corrected chi connectivity index (χ3v) is 4.70. The van der Waals surface area contributed by atoms with Gasteiger partial charge in [0, 0.05) is 24.3 Å². The molecular formula is C18H30N2O. The van der Waals surface area contributed by atoms with Gasteiger partial charge in [-0.2, -0.15) is 0 Å².